The van der Waals surface area contributed by atoms with Crippen LogP contribution < -0.4 is 0 Å². The minimum absolute atomic E-state index is 0.120. The molecule has 0 fully saturated rings. The predicted molar refractivity (Wildman–Crippen MR) is 52.8 cm³/mol. The van der Waals surface area contributed by atoms with Crippen molar-refractivity contribution in [1.29, 1.82) is 5.26 Å². The van der Waals surface area contributed by atoms with E-state index >= 15 is 0 Å². The van der Waals surface area contributed by atoms with Crippen molar-refractivity contribution in [3.8, 4) is 6.07 Å². The Morgan fingerprint density at radius 2 is 2.21 bits per heavy atom. The third-order valence-electron chi connectivity index (χ3n) is 2.86. The van der Waals surface area contributed by atoms with Crippen LogP contribution in [-0.4, -0.2) is 5.78 Å². The molecular weight excluding hydrogens is 174 g/mol. The molecule has 0 amide bonds. The summed E-state index contributed by atoms with van der Waals surface area (Å²) in [6.45, 7) is 1.87. The molecule has 0 radical (unpaired) electrons. The number of hydrogen-bond acceptors (Lipinski definition) is 2. The molecule has 0 spiro atoms. The Morgan fingerprint density at radius 1 is 1.50 bits per heavy atom. The zero-order valence-corrected chi connectivity index (χ0v) is 8.08. The van der Waals surface area contributed by atoms with Crippen molar-refractivity contribution in [3.63, 3.8) is 0 Å². The lowest BCUT2D eigenvalue weighted by molar-refractivity contribution is 0.0847. The van der Waals surface area contributed by atoms with Crippen molar-refractivity contribution in [3.05, 3.63) is 35.4 Å². The van der Waals surface area contributed by atoms with Gasteiger partial charge in [-0.05, 0) is 12.0 Å². The van der Waals surface area contributed by atoms with Crippen molar-refractivity contribution >= 4 is 5.78 Å². The second kappa shape index (κ2) is 2.95. The Kier molecular flexibility index (Phi) is 1.89. The van der Waals surface area contributed by atoms with Gasteiger partial charge in [-0.15, -0.1) is 0 Å². The van der Waals surface area contributed by atoms with Crippen molar-refractivity contribution in [2.75, 3.05) is 0 Å². The number of nitrogens with zero attached hydrogens (tertiary/aromatic N) is 1. The van der Waals surface area contributed by atoms with Gasteiger partial charge in [0.05, 0.1) is 6.07 Å². The molecule has 0 aliphatic heterocycles. The van der Waals surface area contributed by atoms with E-state index in [0.29, 0.717) is 12.8 Å². The van der Waals surface area contributed by atoms with Crippen LogP contribution in [0.5, 0.6) is 0 Å². The highest BCUT2D eigenvalue weighted by molar-refractivity contribution is 6.04. The third kappa shape index (κ3) is 1.13. The largest absolute Gasteiger partial charge is 0.294 e. The number of carbonyl (C=O) groups excluding carboxylic acids is 1. The maximum absolute atomic E-state index is 12.0. The number of nitriles is 1. The topological polar surface area (TPSA) is 40.9 Å². The number of fused-ring (bicyclic) bond motifs is 1. The molecule has 70 valence electrons. The fourth-order valence-electron chi connectivity index (χ4n) is 2.04. The number of hydrogen-bond donors (Lipinski definition) is 0. The van der Waals surface area contributed by atoms with Gasteiger partial charge in [-0.1, -0.05) is 31.2 Å². The van der Waals surface area contributed by atoms with Gasteiger partial charge in [0.2, 0.25) is 0 Å². The Balaban J connectivity index is 2.44. The highest BCUT2D eigenvalue weighted by Crippen LogP contribution is 2.38. The molecule has 1 aromatic carbocycles. The van der Waals surface area contributed by atoms with E-state index in [1.807, 2.05) is 31.2 Å². The zero-order chi connectivity index (χ0) is 10.2. The molecule has 2 rings (SSSR count). The molecule has 0 N–H and O–H groups in total. The summed E-state index contributed by atoms with van der Waals surface area (Å²) in [4.78, 5) is 12.0. The summed E-state index contributed by atoms with van der Waals surface area (Å²) in [6, 6.07) is 9.71. The molecule has 1 aromatic rings. The molecule has 0 bridgehead atoms. The first-order valence-corrected chi connectivity index (χ1v) is 4.67. The number of Topliss-reactive ketones (excluding diaryl/α,β-unsaturated/α-hetero) is 1. The van der Waals surface area contributed by atoms with Crippen LogP contribution in [0.4, 0.5) is 0 Å². The van der Waals surface area contributed by atoms with Gasteiger partial charge in [0.1, 0.15) is 0 Å². The summed E-state index contributed by atoms with van der Waals surface area (Å²) in [5.41, 5.74) is 1.39. The van der Waals surface area contributed by atoms with Crippen LogP contribution in [0.1, 0.15) is 29.3 Å². The minimum Gasteiger partial charge on any atom is -0.294 e. The number of benzene rings is 1. The fourth-order valence-corrected chi connectivity index (χ4v) is 2.04. The lowest BCUT2D eigenvalue weighted by atomic mass is 9.83. The van der Waals surface area contributed by atoms with Gasteiger partial charge in [0, 0.05) is 17.4 Å². The number of rotatable bonds is 1. The van der Waals surface area contributed by atoms with Crippen LogP contribution in [0.25, 0.3) is 0 Å². The van der Waals surface area contributed by atoms with Crippen LogP contribution in [0, 0.1) is 16.7 Å². The van der Waals surface area contributed by atoms with Gasteiger partial charge in [-0.2, -0.15) is 5.26 Å². The molecular formula is C12H11NO. The molecule has 0 saturated heterocycles. The van der Waals surface area contributed by atoms with Gasteiger partial charge >= 0.3 is 0 Å². The first-order valence-electron chi connectivity index (χ1n) is 4.67. The first-order chi connectivity index (χ1) is 6.67. The molecule has 1 aliphatic rings. The van der Waals surface area contributed by atoms with Crippen LogP contribution in [0.15, 0.2) is 24.3 Å². The summed E-state index contributed by atoms with van der Waals surface area (Å²) >= 11 is 0. The van der Waals surface area contributed by atoms with Crippen molar-refractivity contribution in [1.82, 2.24) is 0 Å². The second-order valence-corrected chi connectivity index (χ2v) is 4.06. The van der Waals surface area contributed by atoms with E-state index in [1.54, 1.807) is 0 Å². The number of ketones is 1. The summed E-state index contributed by atoms with van der Waals surface area (Å²) in [5.74, 6) is 0.120. The standard InChI is InChI=1S/C12H11NO/c1-12(6-7-13)8-9-4-2-3-5-10(9)11(12)14/h2-5H,6,8H2,1H3. The molecule has 0 aromatic heterocycles. The van der Waals surface area contributed by atoms with Gasteiger partial charge in [-0.25, -0.2) is 0 Å². The van der Waals surface area contributed by atoms with Crippen LogP contribution in [0.3, 0.4) is 0 Å². The molecule has 2 heteroatoms. The fraction of sp³-hybridized carbons (Fsp3) is 0.333. The van der Waals surface area contributed by atoms with Crippen molar-refractivity contribution < 1.29 is 4.79 Å². The van der Waals surface area contributed by atoms with Crippen LogP contribution in [0.2, 0.25) is 0 Å². The smallest absolute Gasteiger partial charge is 0.170 e. The Labute approximate surface area is 83.2 Å². The van der Waals surface area contributed by atoms with E-state index in [9.17, 15) is 4.79 Å². The normalized spacial score (nSPS) is 24.4. The maximum Gasteiger partial charge on any atom is 0.170 e. The highest BCUT2D eigenvalue weighted by atomic mass is 16.1. The molecule has 0 heterocycles. The maximum atomic E-state index is 12.0. The van der Waals surface area contributed by atoms with E-state index in [-0.39, 0.29) is 5.78 Å². The highest BCUT2D eigenvalue weighted by Gasteiger charge is 2.40. The van der Waals surface area contributed by atoms with E-state index in [4.69, 9.17) is 5.26 Å². The zero-order valence-electron chi connectivity index (χ0n) is 8.08. The predicted octanol–water partition coefficient (Wildman–Crippen LogP) is 2.35. The SMILES string of the molecule is CC1(CC#N)Cc2ccccc2C1=O. The number of carbonyl (C=O) groups is 1. The summed E-state index contributed by atoms with van der Waals surface area (Å²) in [5, 5.41) is 8.69. The lowest BCUT2D eigenvalue weighted by Gasteiger charge is -2.16. The van der Waals surface area contributed by atoms with Gasteiger partial charge in [-0.3, -0.25) is 4.79 Å². The Bertz CT molecular complexity index is 430. The summed E-state index contributed by atoms with van der Waals surface area (Å²) < 4.78 is 0. The van der Waals surface area contributed by atoms with E-state index in [2.05, 4.69) is 6.07 Å². The van der Waals surface area contributed by atoms with Gasteiger partial charge < -0.3 is 0 Å². The molecule has 1 unspecified atom stereocenters. The molecule has 14 heavy (non-hydrogen) atoms. The molecule has 2 nitrogen and oxygen atoms in total. The van der Waals surface area contributed by atoms with E-state index in [1.165, 1.54) is 0 Å². The molecule has 1 aliphatic carbocycles. The van der Waals surface area contributed by atoms with Crippen LogP contribution in [-0.2, 0) is 6.42 Å². The van der Waals surface area contributed by atoms with E-state index < -0.39 is 5.41 Å². The van der Waals surface area contributed by atoms with Crippen molar-refractivity contribution in [2.24, 2.45) is 5.41 Å². The Hall–Kier alpha value is -1.62. The minimum atomic E-state index is -0.488. The average molecular weight is 185 g/mol. The Morgan fingerprint density at radius 3 is 2.86 bits per heavy atom. The van der Waals surface area contributed by atoms with Crippen LogP contribution >= 0.6 is 0 Å². The molecule has 0 saturated carbocycles. The average Bonchev–Trinajstić information content (AvgIpc) is 2.41. The van der Waals surface area contributed by atoms with Gasteiger partial charge in [0.15, 0.2) is 5.78 Å². The molecule has 1 atom stereocenters. The monoisotopic (exact) mass is 185 g/mol. The van der Waals surface area contributed by atoms with Crippen molar-refractivity contribution in [2.45, 2.75) is 19.8 Å². The quantitative estimate of drug-likeness (QED) is 0.673. The second-order valence-electron chi connectivity index (χ2n) is 4.06. The third-order valence-corrected chi connectivity index (χ3v) is 2.86. The van der Waals surface area contributed by atoms with E-state index in [0.717, 1.165) is 11.1 Å². The summed E-state index contributed by atoms with van der Waals surface area (Å²) in [7, 11) is 0. The summed E-state index contributed by atoms with van der Waals surface area (Å²) in [6.07, 6.45) is 1.01. The lowest BCUT2D eigenvalue weighted by Crippen LogP contribution is -2.23. The van der Waals surface area contributed by atoms with Gasteiger partial charge in [0.25, 0.3) is 0 Å². The first kappa shape index (κ1) is 8.96.